The van der Waals surface area contributed by atoms with Gasteiger partial charge in [0.2, 0.25) is 0 Å². The van der Waals surface area contributed by atoms with E-state index in [9.17, 15) is 9.90 Å². The van der Waals surface area contributed by atoms with Gasteiger partial charge in [0.15, 0.2) is 5.13 Å². The maximum absolute atomic E-state index is 11.3. The maximum Gasteiger partial charge on any atom is 0.315 e. The third kappa shape index (κ3) is 2.31. The molecule has 0 radical (unpaired) electrons. The Labute approximate surface area is 123 Å². The Hall–Kier alpha value is -1.14. The van der Waals surface area contributed by atoms with Crippen LogP contribution in [0.25, 0.3) is 0 Å². The minimum absolute atomic E-state index is 0.462. The van der Waals surface area contributed by atoms with Crippen molar-refractivity contribution in [3.8, 4) is 0 Å². The zero-order valence-electron chi connectivity index (χ0n) is 11.9. The molecule has 2 unspecified atom stereocenters. The number of nitrogens with zero attached hydrogens (tertiary/aromatic N) is 2. The van der Waals surface area contributed by atoms with Gasteiger partial charge in [0, 0.05) is 24.0 Å². The highest BCUT2D eigenvalue weighted by Crippen LogP contribution is 2.32. The molecule has 0 bridgehead atoms. The minimum atomic E-state index is -0.925. The van der Waals surface area contributed by atoms with Crippen LogP contribution in [-0.2, 0) is 10.2 Å². The molecule has 2 N–H and O–H groups in total. The van der Waals surface area contributed by atoms with Crippen LogP contribution < -0.4 is 5.32 Å². The first-order valence-electron chi connectivity index (χ1n) is 7.18. The van der Waals surface area contributed by atoms with Crippen molar-refractivity contribution < 1.29 is 9.90 Å². The highest BCUT2D eigenvalue weighted by atomic mass is 32.1. The number of nitrogens with one attached hydrogen (secondary N) is 1. The molecule has 5 nitrogen and oxygen atoms in total. The van der Waals surface area contributed by atoms with Gasteiger partial charge in [-0.15, -0.1) is 11.3 Å². The summed E-state index contributed by atoms with van der Waals surface area (Å²) in [5.74, 6) is -0.836. The van der Waals surface area contributed by atoms with Crippen LogP contribution in [0.1, 0.15) is 38.8 Å². The molecule has 2 fully saturated rings. The van der Waals surface area contributed by atoms with E-state index in [-0.39, 0.29) is 0 Å². The molecule has 2 aliphatic rings. The number of aliphatic carboxylic acids is 1. The third-order valence-electron chi connectivity index (χ3n) is 4.59. The fourth-order valence-corrected chi connectivity index (χ4v) is 4.09. The lowest BCUT2D eigenvalue weighted by molar-refractivity contribution is -0.142. The summed E-state index contributed by atoms with van der Waals surface area (Å²) in [6, 6.07) is 1.10. The van der Waals surface area contributed by atoms with E-state index < -0.39 is 11.4 Å². The van der Waals surface area contributed by atoms with E-state index in [4.69, 9.17) is 0 Å². The molecule has 0 amide bonds. The van der Waals surface area contributed by atoms with Gasteiger partial charge in [-0.25, -0.2) is 4.98 Å². The van der Waals surface area contributed by atoms with Gasteiger partial charge in [0.25, 0.3) is 0 Å². The Balaban J connectivity index is 1.70. The Kier molecular flexibility index (Phi) is 3.46. The fraction of sp³-hybridized carbons (Fsp3) is 0.714. The SMILES string of the molecule is CC(C)(C(=O)O)c1csc(NC2CCN3CCCC23)n1. The molecule has 1 aromatic heterocycles. The van der Waals surface area contributed by atoms with Gasteiger partial charge in [0.1, 0.15) is 5.41 Å². The number of thiazole rings is 1. The summed E-state index contributed by atoms with van der Waals surface area (Å²) in [5, 5.41) is 15.5. The molecule has 110 valence electrons. The van der Waals surface area contributed by atoms with Gasteiger partial charge >= 0.3 is 5.97 Å². The van der Waals surface area contributed by atoms with Crippen LogP contribution in [0.4, 0.5) is 5.13 Å². The molecule has 20 heavy (non-hydrogen) atoms. The first-order valence-corrected chi connectivity index (χ1v) is 8.06. The van der Waals surface area contributed by atoms with Crippen LogP contribution in [0.2, 0.25) is 0 Å². The molecular weight excluding hydrogens is 274 g/mol. The summed E-state index contributed by atoms with van der Waals surface area (Å²) in [4.78, 5) is 18.3. The monoisotopic (exact) mass is 295 g/mol. The molecule has 0 aliphatic carbocycles. The summed E-state index contributed by atoms with van der Waals surface area (Å²) in [6.07, 6.45) is 3.70. The number of hydrogen-bond acceptors (Lipinski definition) is 5. The Morgan fingerprint density at radius 3 is 3.05 bits per heavy atom. The Morgan fingerprint density at radius 2 is 2.30 bits per heavy atom. The van der Waals surface area contributed by atoms with Crippen LogP contribution >= 0.6 is 11.3 Å². The summed E-state index contributed by atoms with van der Waals surface area (Å²) in [7, 11) is 0. The number of carboxylic acids is 1. The van der Waals surface area contributed by atoms with Crippen LogP contribution in [0.5, 0.6) is 0 Å². The van der Waals surface area contributed by atoms with Crippen molar-refractivity contribution >= 4 is 22.4 Å². The average Bonchev–Trinajstić information content (AvgIpc) is 3.07. The minimum Gasteiger partial charge on any atom is -0.481 e. The van der Waals surface area contributed by atoms with E-state index in [1.165, 1.54) is 37.3 Å². The highest BCUT2D eigenvalue weighted by Gasteiger charge is 2.38. The van der Waals surface area contributed by atoms with Crippen molar-refractivity contribution in [2.24, 2.45) is 0 Å². The number of rotatable bonds is 4. The molecular formula is C14H21N3O2S. The molecule has 0 saturated carbocycles. The number of carbonyl (C=O) groups is 1. The largest absolute Gasteiger partial charge is 0.481 e. The Morgan fingerprint density at radius 1 is 1.50 bits per heavy atom. The van der Waals surface area contributed by atoms with Gasteiger partial charge in [0.05, 0.1) is 5.69 Å². The molecule has 1 aromatic rings. The van der Waals surface area contributed by atoms with Crippen molar-refractivity contribution in [1.82, 2.24) is 9.88 Å². The highest BCUT2D eigenvalue weighted by molar-refractivity contribution is 7.13. The zero-order valence-corrected chi connectivity index (χ0v) is 12.7. The lowest BCUT2D eigenvalue weighted by Gasteiger charge is -2.21. The van der Waals surface area contributed by atoms with E-state index >= 15 is 0 Å². The van der Waals surface area contributed by atoms with Crippen LogP contribution in [0.3, 0.4) is 0 Å². The van der Waals surface area contributed by atoms with Crippen molar-refractivity contribution in [2.75, 3.05) is 18.4 Å². The lowest BCUT2D eigenvalue weighted by Crippen LogP contribution is -2.34. The number of carboxylic acid groups (broad SMARTS) is 1. The number of aromatic nitrogens is 1. The second-order valence-electron chi connectivity index (χ2n) is 6.25. The molecule has 0 aromatic carbocycles. The first-order chi connectivity index (χ1) is 9.48. The maximum atomic E-state index is 11.3. The van der Waals surface area contributed by atoms with Gasteiger partial charge in [-0.3, -0.25) is 9.69 Å². The van der Waals surface area contributed by atoms with Crippen LogP contribution in [0, 0.1) is 0 Å². The summed E-state index contributed by atoms with van der Waals surface area (Å²) in [5.41, 5.74) is -0.287. The zero-order chi connectivity index (χ0) is 14.3. The molecule has 3 heterocycles. The molecule has 3 rings (SSSR count). The quantitative estimate of drug-likeness (QED) is 0.891. The van der Waals surface area contributed by atoms with Gasteiger partial charge < -0.3 is 10.4 Å². The number of fused-ring (bicyclic) bond motifs is 1. The van der Waals surface area contributed by atoms with Crippen LogP contribution in [-0.4, -0.2) is 46.1 Å². The number of anilines is 1. The Bertz CT molecular complexity index is 514. The van der Waals surface area contributed by atoms with Crippen LogP contribution in [0.15, 0.2) is 5.38 Å². The van der Waals surface area contributed by atoms with E-state index in [0.29, 0.717) is 17.8 Å². The molecule has 2 aliphatic heterocycles. The standard InChI is InChI=1S/C14H21N3O2S/c1-14(2,12(18)19)11-8-20-13(16-11)15-9-5-7-17-6-3-4-10(9)17/h8-10H,3-7H2,1-2H3,(H,15,16)(H,18,19). The van der Waals surface area contributed by atoms with Crippen molar-refractivity contribution in [1.29, 1.82) is 0 Å². The average molecular weight is 295 g/mol. The fourth-order valence-electron chi connectivity index (χ4n) is 3.15. The summed E-state index contributed by atoms with van der Waals surface area (Å²) < 4.78 is 0. The van der Waals surface area contributed by atoms with E-state index in [1.807, 2.05) is 5.38 Å². The lowest BCUT2D eigenvalue weighted by atomic mass is 9.90. The molecule has 0 spiro atoms. The number of hydrogen-bond donors (Lipinski definition) is 2. The summed E-state index contributed by atoms with van der Waals surface area (Å²) in [6.45, 7) is 5.78. The van der Waals surface area contributed by atoms with Gasteiger partial charge in [-0.05, 0) is 39.7 Å². The third-order valence-corrected chi connectivity index (χ3v) is 5.37. The first kappa shape index (κ1) is 13.8. The van der Waals surface area contributed by atoms with Crippen molar-refractivity contribution in [3.05, 3.63) is 11.1 Å². The predicted molar refractivity (Wildman–Crippen MR) is 79.4 cm³/mol. The van der Waals surface area contributed by atoms with Crippen molar-refractivity contribution in [3.63, 3.8) is 0 Å². The smallest absolute Gasteiger partial charge is 0.315 e. The van der Waals surface area contributed by atoms with E-state index in [2.05, 4.69) is 15.2 Å². The second-order valence-corrected chi connectivity index (χ2v) is 7.11. The molecule has 6 heteroatoms. The topological polar surface area (TPSA) is 65.5 Å². The normalized spacial score (nSPS) is 26.7. The summed E-state index contributed by atoms with van der Waals surface area (Å²) >= 11 is 1.51. The van der Waals surface area contributed by atoms with Gasteiger partial charge in [-0.1, -0.05) is 0 Å². The predicted octanol–water partition coefficient (Wildman–Crippen LogP) is 2.15. The van der Waals surface area contributed by atoms with Crippen molar-refractivity contribution in [2.45, 2.75) is 50.6 Å². The second kappa shape index (κ2) is 5.00. The van der Waals surface area contributed by atoms with E-state index in [1.54, 1.807) is 13.8 Å². The van der Waals surface area contributed by atoms with E-state index in [0.717, 1.165) is 11.6 Å². The molecule has 2 atom stereocenters. The molecule has 2 saturated heterocycles. The van der Waals surface area contributed by atoms with Gasteiger partial charge in [-0.2, -0.15) is 0 Å².